The molecule has 0 aromatic carbocycles. The number of hydrogen-bond donors (Lipinski definition) is 2. The van der Waals surface area contributed by atoms with Crippen LogP contribution in [0.3, 0.4) is 0 Å². The first-order valence-corrected chi connectivity index (χ1v) is 18.3. The highest BCUT2D eigenvalue weighted by atomic mass is 16.5. The van der Waals surface area contributed by atoms with Crippen LogP contribution in [0.15, 0.2) is 106 Å². The highest BCUT2D eigenvalue weighted by molar-refractivity contribution is 6.21. The number of methoxy groups -OCH3 is 1. The Labute approximate surface area is 291 Å². The van der Waals surface area contributed by atoms with E-state index in [1.807, 2.05) is 6.92 Å². The highest BCUT2D eigenvalue weighted by Gasteiger charge is 2.41. The van der Waals surface area contributed by atoms with E-state index in [4.69, 9.17) is 24.5 Å². The quantitative estimate of drug-likeness (QED) is 0.151. The van der Waals surface area contributed by atoms with Gasteiger partial charge in [0.05, 0.1) is 47.4 Å². The summed E-state index contributed by atoms with van der Waals surface area (Å²) in [5.41, 5.74) is 14.5. The Balaban J connectivity index is 1.37. The van der Waals surface area contributed by atoms with Crippen LogP contribution in [0.25, 0.3) is 0 Å². The number of aliphatic hydroxyl groups excluding tert-OH is 1. The molecule has 0 radical (unpaired) electrons. The van der Waals surface area contributed by atoms with Gasteiger partial charge in [-0.3, -0.25) is 4.79 Å². The largest absolute Gasteiger partial charge is 0.511 e. The van der Waals surface area contributed by atoms with Gasteiger partial charge in [-0.2, -0.15) is 0 Å². The second-order valence-electron chi connectivity index (χ2n) is 14.1. The first-order valence-electron chi connectivity index (χ1n) is 18.3. The SMILES string of the molecule is CCCCCCCCOC(=O)CC[C@@H]1C2=C3CC(O)=C4C3=NC(=C4C)C=C3N=C(C=C4N=C(C=C(N2)[C@H]1C)C(C)=C4COC)C(C)=C3CC. The number of carbonyl (C=O) groups is 1. The van der Waals surface area contributed by atoms with Gasteiger partial charge in [-0.15, -0.1) is 0 Å². The molecule has 6 rings (SSSR count). The molecular formula is C41H52N4O4. The van der Waals surface area contributed by atoms with Crippen LogP contribution in [0.5, 0.6) is 0 Å². The van der Waals surface area contributed by atoms with Crippen molar-refractivity contribution in [2.24, 2.45) is 26.8 Å². The van der Waals surface area contributed by atoms with Gasteiger partial charge in [0, 0.05) is 59.9 Å². The van der Waals surface area contributed by atoms with E-state index in [0.29, 0.717) is 38.2 Å². The normalized spacial score (nSPS) is 22.9. The number of fused-ring (bicyclic) bond motifs is 5. The summed E-state index contributed by atoms with van der Waals surface area (Å²) in [7, 11) is 1.71. The lowest BCUT2D eigenvalue weighted by Crippen LogP contribution is -2.16. The molecule has 2 atom stereocenters. The van der Waals surface area contributed by atoms with Crippen molar-refractivity contribution in [3.8, 4) is 0 Å². The van der Waals surface area contributed by atoms with Crippen molar-refractivity contribution >= 4 is 23.1 Å². The lowest BCUT2D eigenvalue weighted by atomic mass is 9.86. The van der Waals surface area contributed by atoms with Crippen molar-refractivity contribution in [1.82, 2.24) is 5.32 Å². The van der Waals surface area contributed by atoms with Crippen LogP contribution in [0.4, 0.5) is 0 Å². The van der Waals surface area contributed by atoms with Crippen LogP contribution in [-0.2, 0) is 14.3 Å². The second-order valence-corrected chi connectivity index (χ2v) is 14.1. The zero-order valence-corrected chi connectivity index (χ0v) is 30.4. The molecule has 6 aliphatic rings. The molecule has 1 fully saturated rings. The number of aliphatic imine (C=N–C) groups is 3. The topological polar surface area (TPSA) is 105 Å². The number of esters is 1. The van der Waals surface area contributed by atoms with Crippen molar-refractivity contribution in [3.63, 3.8) is 0 Å². The number of aliphatic hydroxyl groups is 1. The first kappa shape index (κ1) is 34.8. The molecule has 260 valence electrons. The van der Waals surface area contributed by atoms with E-state index in [1.54, 1.807) is 7.11 Å². The molecule has 0 aromatic heterocycles. The highest BCUT2D eigenvalue weighted by Crippen LogP contribution is 2.46. The Morgan fingerprint density at radius 1 is 0.918 bits per heavy atom. The van der Waals surface area contributed by atoms with Gasteiger partial charge in [-0.05, 0) is 80.6 Å². The van der Waals surface area contributed by atoms with Crippen LogP contribution in [0, 0.1) is 11.8 Å². The number of carbonyl (C=O) groups excluding carboxylic acids is 1. The van der Waals surface area contributed by atoms with Crippen LogP contribution in [0.1, 0.15) is 106 Å². The lowest BCUT2D eigenvalue weighted by molar-refractivity contribution is -0.144. The number of hydrogen-bond acceptors (Lipinski definition) is 8. The molecule has 1 aliphatic carbocycles. The molecule has 5 heterocycles. The van der Waals surface area contributed by atoms with Gasteiger partial charge in [0.15, 0.2) is 0 Å². The smallest absolute Gasteiger partial charge is 0.305 e. The maximum absolute atomic E-state index is 13.0. The first-order chi connectivity index (χ1) is 23.7. The van der Waals surface area contributed by atoms with Crippen LogP contribution in [-0.4, -0.2) is 48.5 Å². The zero-order valence-electron chi connectivity index (χ0n) is 30.4. The molecule has 5 aliphatic heterocycles. The van der Waals surface area contributed by atoms with Crippen LogP contribution < -0.4 is 5.32 Å². The number of nitrogens with zero attached hydrogens (tertiary/aromatic N) is 3. The van der Waals surface area contributed by atoms with Crippen molar-refractivity contribution in [1.29, 1.82) is 0 Å². The lowest BCUT2D eigenvalue weighted by Gasteiger charge is -2.17. The number of ether oxygens (including phenoxy) is 2. The fraction of sp³-hybridized carbons (Fsp3) is 0.512. The Morgan fingerprint density at radius 3 is 2.35 bits per heavy atom. The Hall–Kier alpha value is -4.04. The summed E-state index contributed by atoms with van der Waals surface area (Å²) in [5, 5.41) is 15.1. The minimum Gasteiger partial charge on any atom is -0.511 e. The summed E-state index contributed by atoms with van der Waals surface area (Å²) in [4.78, 5) is 28.4. The summed E-state index contributed by atoms with van der Waals surface area (Å²) < 4.78 is 11.3. The molecule has 0 spiro atoms. The minimum atomic E-state index is -0.150. The summed E-state index contributed by atoms with van der Waals surface area (Å²) in [6.07, 6.45) is 15.4. The number of allylic oxidation sites excluding steroid dienone is 11. The van der Waals surface area contributed by atoms with Crippen molar-refractivity contribution in [2.45, 2.75) is 106 Å². The molecule has 2 N–H and O–H groups in total. The summed E-state index contributed by atoms with van der Waals surface area (Å²) in [6.45, 7) is 13.8. The number of nitrogens with one attached hydrogen (secondary N) is 1. The van der Waals surface area contributed by atoms with Gasteiger partial charge < -0.3 is 19.9 Å². The van der Waals surface area contributed by atoms with E-state index in [9.17, 15) is 9.90 Å². The van der Waals surface area contributed by atoms with Crippen molar-refractivity contribution in [2.75, 3.05) is 20.3 Å². The van der Waals surface area contributed by atoms with E-state index in [1.165, 1.54) is 31.3 Å². The van der Waals surface area contributed by atoms with Gasteiger partial charge in [0.1, 0.15) is 5.76 Å². The Kier molecular flexibility index (Phi) is 10.5. The average molecular weight is 665 g/mol. The summed E-state index contributed by atoms with van der Waals surface area (Å²) >= 11 is 0. The molecule has 49 heavy (non-hydrogen) atoms. The van der Waals surface area contributed by atoms with Gasteiger partial charge in [0.2, 0.25) is 0 Å². The fourth-order valence-corrected chi connectivity index (χ4v) is 7.90. The molecule has 0 unspecified atom stereocenters. The number of unbranched alkanes of at least 4 members (excludes halogenated alkanes) is 5. The second kappa shape index (κ2) is 14.8. The zero-order chi connectivity index (χ0) is 34.8. The Bertz CT molecular complexity index is 1790. The van der Waals surface area contributed by atoms with Gasteiger partial charge >= 0.3 is 5.97 Å². The van der Waals surface area contributed by atoms with E-state index < -0.39 is 0 Å². The third kappa shape index (κ3) is 6.77. The molecule has 1 saturated heterocycles. The van der Waals surface area contributed by atoms with E-state index in [-0.39, 0.29) is 17.8 Å². The number of rotatable bonds is 13. The van der Waals surface area contributed by atoms with Gasteiger partial charge in [-0.1, -0.05) is 52.9 Å². The van der Waals surface area contributed by atoms with Crippen molar-refractivity contribution in [3.05, 3.63) is 91.5 Å². The maximum atomic E-state index is 13.0. The molecule has 8 heteroatoms. The molecule has 8 bridgehead atoms. The monoisotopic (exact) mass is 664 g/mol. The van der Waals surface area contributed by atoms with Gasteiger partial charge in [0.25, 0.3) is 0 Å². The minimum absolute atomic E-state index is 0.0229. The van der Waals surface area contributed by atoms with E-state index in [2.05, 4.69) is 58.2 Å². The summed E-state index contributed by atoms with van der Waals surface area (Å²) in [5.74, 6) is 0.295. The predicted molar refractivity (Wildman–Crippen MR) is 197 cm³/mol. The van der Waals surface area contributed by atoms with Crippen LogP contribution in [0.2, 0.25) is 0 Å². The fourth-order valence-electron chi connectivity index (χ4n) is 7.90. The third-order valence-corrected chi connectivity index (χ3v) is 10.9. The third-order valence-electron chi connectivity index (χ3n) is 10.9. The average Bonchev–Trinajstić information content (AvgIpc) is 3.83. The Morgan fingerprint density at radius 2 is 1.61 bits per heavy atom. The molecule has 8 nitrogen and oxygen atoms in total. The van der Waals surface area contributed by atoms with Crippen LogP contribution >= 0.6 is 0 Å². The molecule has 0 amide bonds. The van der Waals surface area contributed by atoms with E-state index >= 15 is 0 Å². The molecular weight excluding hydrogens is 612 g/mol. The molecule has 0 aromatic rings. The molecule has 0 saturated carbocycles. The predicted octanol–water partition coefficient (Wildman–Crippen LogP) is 8.99. The van der Waals surface area contributed by atoms with E-state index in [0.717, 1.165) is 98.3 Å². The summed E-state index contributed by atoms with van der Waals surface area (Å²) in [6, 6.07) is 0. The van der Waals surface area contributed by atoms with Crippen molar-refractivity contribution < 1.29 is 19.4 Å². The van der Waals surface area contributed by atoms with Gasteiger partial charge in [-0.25, -0.2) is 15.0 Å². The maximum Gasteiger partial charge on any atom is 0.305 e. The standard InChI is InChI=1S/C41H52N4O4/c1-8-10-11-12-13-14-17-49-38(47)16-15-28-24(4)33-19-31-25(5)30(22-48-7)36(43-31)20-32-23(3)27(9-2)35(42-32)21-34-26(6)39-37(46)18-29(40(28)44-33)41(39)45-34/h19-21,24,28,44,46H,8-18,22H2,1-7H3/t24-,28-/m0/s1.